The maximum absolute atomic E-state index is 13.2. The lowest BCUT2D eigenvalue weighted by atomic mass is 10.1. The molecular weight excluding hydrogens is 221 g/mol. The molecule has 1 saturated heterocycles. The van der Waals surface area contributed by atoms with Crippen LogP contribution in [0.25, 0.3) is 0 Å². The van der Waals surface area contributed by atoms with Gasteiger partial charge in [-0.15, -0.1) is 0 Å². The van der Waals surface area contributed by atoms with E-state index in [-0.39, 0.29) is 11.9 Å². The van der Waals surface area contributed by atoms with Crippen LogP contribution in [0.3, 0.4) is 0 Å². The molecule has 0 radical (unpaired) electrons. The zero-order valence-electron chi connectivity index (χ0n) is 10.2. The van der Waals surface area contributed by atoms with Crippen molar-refractivity contribution in [2.24, 2.45) is 0 Å². The summed E-state index contributed by atoms with van der Waals surface area (Å²) < 4.78 is 18.6. The van der Waals surface area contributed by atoms with Crippen LogP contribution in [-0.2, 0) is 4.74 Å². The number of ether oxygens (including phenoxy) is 1. The highest BCUT2D eigenvalue weighted by Crippen LogP contribution is 2.29. The third-order valence-electron chi connectivity index (χ3n) is 3.12. The van der Waals surface area contributed by atoms with Gasteiger partial charge in [0.25, 0.3) is 0 Å². The number of hydrogen-bond acceptors (Lipinski definition) is 3. The van der Waals surface area contributed by atoms with E-state index in [0.29, 0.717) is 18.8 Å². The fourth-order valence-corrected chi connectivity index (χ4v) is 2.21. The van der Waals surface area contributed by atoms with Gasteiger partial charge in [-0.3, -0.25) is 0 Å². The summed E-state index contributed by atoms with van der Waals surface area (Å²) in [6, 6.07) is 4.82. The average Bonchev–Trinajstić information content (AvgIpc) is 2.30. The number of halogens is 1. The fourth-order valence-electron chi connectivity index (χ4n) is 2.21. The number of anilines is 1. The van der Waals surface area contributed by atoms with Crippen molar-refractivity contribution in [1.82, 2.24) is 0 Å². The van der Waals surface area contributed by atoms with Gasteiger partial charge in [-0.1, -0.05) is 0 Å². The van der Waals surface area contributed by atoms with Crippen LogP contribution < -0.4 is 4.90 Å². The standard InChI is InChI=1S/C13H18FNO2/c1-9-8-17-6-5-15(9)13-4-3-11(14)7-12(13)10(2)16/h3-4,7,9-10,16H,5-6,8H2,1-2H3/t9?,10-/m0/s1. The average molecular weight is 239 g/mol. The Morgan fingerprint density at radius 2 is 2.29 bits per heavy atom. The zero-order chi connectivity index (χ0) is 12.4. The lowest BCUT2D eigenvalue weighted by molar-refractivity contribution is 0.0984. The first kappa shape index (κ1) is 12.3. The van der Waals surface area contributed by atoms with Gasteiger partial charge in [-0.05, 0) is 32.0 Å². The van der Waals surface area contributed by atoms with Crippen molar-refractivity contribution >= 4 is 5.69 Å². The molecule has 1 aromatic carbocycles. The van der Waals surface area contributed by atoms with E-state index in [1.54, 1.807) is 13.0 Å². The molecule has 3 nitrogen and oxygen atoms in total. The van der Waals surface area contributed by atoms with Crippen LogP contribution in [0.5, 0.6) is 0 Å². The van der Waals surface area contributed by atoms with Crippen LogP contribution in [-0.4, -0.2) is 30.9 Å². The van der Waals surface area contributed by atoms with Crippen molar-refractivity contribution in [2.45, 2.75) is 26.0 Å². The highest BCUT2D eigenvalue weighted by atomic mass is 19.1. The Hall–Kier alpha value is -1.13. The minimum Gasteiger partial charge on any atom is -0.389 e. The molecule has 0 aromatic heterocycles. The van der Waals surface area contributed by atoms with Crippen LogP contribution in [0.1, 0.15) is 25.5 Å². The summed E-state index contributed by atoms with van der Waals surface area (Å²) in [5, 5.41) is 9.72. The quantitative estimate of drug-likeness (QED) is 0.858. The van der Waals surface area contributed by atoms with E-state index in [4.69, 9.17) is 4.74 Å². The van der Waals surface area contributed by atoms with Crippen molar-refractivity contribution in [3.05, 3.63) is 29.6 Å². The predicted octanol–water partition coefficient (Wildman–Crippen LogP) is 2.10. The molecule has 1 aliphatic heterocycles. The lowest BCUT2D eigenvalue weighted by Crippen LogP contribution is -2.44. The Balaban J connectivity index is 2.36. The number of aliphatic hydroxyl groups is 1. The van der Waals surface area contributed by atoms with E-state index in [9.17, 15) is 9.50 Å². The molecule has 0 spiro atoms. The molecule has 1 aliphatic rings. The molecule has 0 aliphatic carbocycles. The Morgan fingerprint density at radius 3 is 2.94 bits per heavy atom. The van der Waals surface area contributed by atoms with Crippen LogP contribution in [0.15, 0.2) is 18.2 Å². The lowest BCUT2D eigenvalue weighted by Gasteiger charge is -2.36. The van der Waals surface area contributed by atoms with E-state index in [1.165, 1.54) is 12.1 Å². The molecule has 1 aromatic rings. The Bertz CT molecular complexity index is 395. The molecule has 4 heteroatoms. The van der Waals surface area contributed by atoms with Gasteiger partial charge in [0.15, 0.2) is 0 Å². The molecule has 94 valence electrons. The highest BCUT2D eigenvalue weighted by molar-refractivity contribution is 5.55. The SMILES string of the molecule is CC1COCCN1c1ccc(F)cc1[C@H](C)O. The summed E-state index contributed by atoms with van der Waals surface area (Å²) in [5.41, 5.74) is 1.54. The van der Waals surface area contributed by atoms with Crippen LogP contribution in [0.2, 0.25) is 0 Å². The fraction of sp³-hybridized carbons (Fsp3) is 0.538. The minimum absolute atomic E-state index is 0.242. The molecule has 1 unspecified atom stereocenters. The second-order valence-corrected chi connectivity index (χ2v) is 4.50. The van der Waals surface area contributed by atoms with E-state index in [0.717, 1.165) is 12.2 Å². The van der Waals surface area contributed by atoms with Crippen molar-refractivity contribution < 1.29 is 14.2 Å². The van der Waals surface area contributed by atoms with Crippen molar-refractivity contribution in [3.63, 3.8) is 0 Å². The summed E-state index contributed by atoms with van der Waals surface area (Å²) in [4.78, 5) is 2.16. The number of nitrogens with zero attached hydrogens (tertiary/aromatic N) is 1. The Labute approximate surface area is 101 Å². The smallest absolute Gasteiger partial charge is 0.123 e. The van der Waals surface area contributed by atoms with Gasteiger partial charge in [0.2, 0.25) is 0 Å². The molecule has 1 fully saturated rings. The van der Waals surface area contributed by atoms with Gasteiger partial charge in [0, 0.05) is 23.8 Å². The van der Waals surface area contributed by atoms with E-state index in [2.05, 4.69) is 11.8 Å². The Kier molecular flexibility index (Phi) is 3.64. The van der Waals surface area contributed by atoms with E-state index < -0.39 is 6.10 Å². The number of benzene rings is 1. The molecule has 1 heterocycles. The third-order valence-corrected chi connectivity index (χ3v) is 3.12. The molecule has 2 atom stereocenters. The monoisotopic (exact) mass is 239 g/mol. The summed E-state index contributed by atoms with van der Waals surface area (Å²) in [6.07, 6.45) is -0.671. The normalized spacial score (nSPS) is 22.6. The van der Waals surface area contributed by atoms with Gasteiger partial charge in [-0.25, -0.2) is 4.39 Å². The second kappa shape index (κ2) is 5.02. The molecule has 0 bridgehead atoms. The third kappa shape index (κ3) is 2.58. The maximum atomic E-state index is 13.2. The molecular formula is C13H18FNO2. The van der Waals surface area contributed by atoms with Crippen LogP contribution in [0, 0.1) is 5.82 Å². The first-order valence-corrected chi connectivity index (χ1v) is 5.91. The zero-order valence-corrected chi connectivity index (χ0v) is 10.2. The first-order valence-electron chi connectivity index (χ1n) is 5.91. The van der Waals surface area contributed by atoms with E-state index in [1.807, 2.05) is 0 Å². The second-order valence-electron chi connectivity index (χ2n) is 4.50. The topological polar surface area (TPSA) is 32.7 Å². The molecule has 0 saturated carbocycles. The number of rotatable bonds is 2. The highest BCUT2D eigenvalue weighted by Gasteiger charge is 2.22. The number of morpholine rings is 1. The van der Waals surface area contributed by atoms with Gasteiger partial charge in [0.05, 0.1) is 19.3 Å². The summed E-state index contributed by atoms with van der Waals surface area (Å²) in [6.45, 7) is 5.82. The maximum Gasteiger partial charge on any atom is 0.123 e. The molecule has 2 rings (SSSR count). The van der Waals surface area contributed by atoms with Crippen molar-refractivity contribution in [2.75, 3.05) is 24.7 Å². The minimum atomic E-state index is -0.671. The molecule has 17 heavy (non-hydrogen) atoms. The van der Waals surface area contributed by atoms with Gasteiger partial charge in [0.1, 0.15) is 5.82 Å². The predicted molar refractivity (Wildman–Crippen MR) is 64.7 cm³/mol. The number of aliphatic hydroxyl groups excluding tert-OH is 1. The van der Waals surface area contributed by atoms with Gasteiger partial charge >= 0.3 is 0 Å². The van der Waals surface area contributed by atoms with Gasteiger partial charge in [-0.2, -0.15) is 0 Å². The van der Waals surface area contributed by atoms with Crippen LogP contribution >= 0.6 is 0 Å². The number of hydrogen-bond donors (Lipinski definition) is 1. The van der Waals surface area contributed by atoms with Gasteiger partial charge < -0.3 is 14.7 Å². The van der Waals surface area contributed by atoms with E-state index >= 15 is 0 Å². The largest absolute Gasteiger partial charge is 0.389 e. The first-order chi connectivity index (χ1) is 8.09. The summed E-state index contributed by atoms with van der Waals surface area (Å²) in [5.74, 6) is -0.314. The van der Waals surface area contributed by atoms with Crippen molar-refractivity contribution in [3.8, 4) is 0 Å². The Morgan fingerprint density at radius 1 is 1.53 bits per heavy atom. The summed E-state index contributed by atoms with van der Waals surface area (Å²) >= 11 is 0. The molecule has 0 amide bonds. The van der Waals surface area contributed by atoms with Crippen LogP contribution in [0.4, 0.5) is 10.1 Å². The summed E-state index contributed by atoms with van der Waals surface area (Å²) in [7, 11) is 0. The molecule has 1 N–H and O–H groups in total. The van der Waals surface area contributed by atoms with Crippen molar-refractivity contribution in [1.29, 1.82) is 0 Å².